The van der Waals surface area contributed by atoms with Gasteiger partial charge in [-0.05, 0) is 43.1 Å². The van der Waals surface area contributed by atoms with E-state index in [0.717, 1.165) is 45.6 Å². The number of morpholine rings is 1. The van der Waals surface area contributed by atoms with E-state index >= 15 is 0 Å². The van der Waals surface area contributed by atoms with Gasteiger partial charge in [0, 0.05) is 43.1 Å². The molecule has 0 radical (unpaired) electrons. The molecule has 2 aromatic heterocycles. The standard InChI is InChI=1S/C24H32F3N5O3/c1-13(2)21(33)23-30-17(16-9-20(22(28)29-11-16)35-24(25,26)27)12-32(23)19-10-18(14-7-15(19)8-14)31-3-5-34-6-4-31/h9,11-15,18-19,21,33H,3-8,10H2,1-2H3,(H2,28,29)/t14?,15?,18-,19?,21?/m0/s1. The van der Waals surface area contributed by atoms with Gasteiger partial charge in [0.2, 0.25) is 0 Å². The zero-order valence-electron chi connectivity index (χ0n) is 19.9. The van der Waals surface area contributed by atoms with Gasteiger partial charge >= 0.3 is 6.36 Å². The second-order valence-corrected chi connectivity index (χ2v) is 10.2. The Morgan fingerprint density at radius 1 is 1.14 bits per heavy atom. The molecule has 3 saturated carbocycles. The van der Waals surface area contributed by atoms with Gasteiger partial charge in [0.05, 0.1) is 18.9 Å². The molecule has 4 fully saturated rings. The van der Waals surface area contributed by atoms with Crippen LogP contribution in [-0.2, 0) is 4.74 Å². The first-order chi connectivity index (χ1) is 16.6. The van der Waals surface area contributed by atoms with E-state index in [0.29, 0.717) is 35.0 Å². The van der Waals surface area contributed by atoms with E-state index in [2.05, 4.69) is 19.2 Å². The molecule has 1 saturated heterocycles. The van der Waals surface area contributed by atoms with Gasteiger partial charge in [0.25, 0.3) is 0 Å². The number of anilines is 1. The Morgan fingerprint density at radius 2 is 1.83 bits per heavy atom. The summed E-state index contributed by atoms with van der Waals surface area (Å²) in [6.45, 7) is 7.18. The minimum Gasteiger partial charge on any atom is -0.402 e. The third kappa shape index (κ3) is 4.85. The number of nitrogen functional groups attached to an aromatic ring is 1. The normalized spacial score (nSPS) is 28.1. The largest absolute Gasteiger partial charge is 0.573 e. The van der Waals surface area contributed by atoms with Crippen LogP contribution in [0.25, 0.3) is 11.3 Å². The predicted molar refractivity (Wildman–Crippen MR) is 122 cm³/mol. The zero-order valence-corrected chi connectivity index (χ0v) is 19.9. The van der Waals surface area contributed by atoms with Crippen LogP contribution in [0.5, 0.6) is 5.75 Å². The van der Waals surface area contributed by atoms with E-state index in [4.69, 9.17) is 15.5 Å². The number of nitrogens with two attached hydrogens (primary N) is 1. The molecule has 35 heavy (non-hydrogen) atoms. The molecule has 3 N–H and O–H groups in total. The number of aliphatic hydroxyl groups is 1. The number of nitrogens with zero attached hydrogens (tertiary/aromatic N) is 4. The third-order valence-corrected chi connectivity index (χ3v) is 7.71. The molecule has 1 aliphatic heterocycles. The Kier molecular flexibility index (Phi) is 6.43. The first kappa shape index (κ1) is 24.3. The maximum absolute atomic E-state index is 12.8. The molecule has 192 valence electrons. The van der Waals surface area contributed by atoms with E-state index in [1.54, 1.807) is 0 Å². The van der Waals surface area contributed by atoms with Gasteiger partial charge in [-0.15, -0.1) is 13.2 Å². The fourth-order valence-electron chi connectivity index (χ4n) is 5.80. The van der Waals surface area contributed by atoms with Crippen LogP contribution in [-0.4, -0.2) is 63.2 Å². The minimum atomic E-state index is -4.88. The lowest BCUT2D eigenvalue weighted by atomic mass is 9.59. The van der Waals surface area contributed by atoms with Crippen LogP contribution in [0, 0.1) is 17.8 Å². The lowest BCUT2D eigenvalue weighted by Gasteiger charge is -2.55. The number of hydrogen-bond donors (Lipinski definition) is 2. The lowest BCUT2D eigenvalue weighted by molar-refractivity contribution is -0.274. The number of ether oxygens (including phenoxy) is 2. The number of halogens is 3. The summed E-state index contributed by atoms with van der Waals surface area (Å²) in [5.41, 5.74) is 6.39. The molecule has 2 aromatic rings. The summed E-state index contributed by atoms with van der Waals surface area (Å²) in [5.74, 6) is 0.702. The van der Waals surface area contributed by atoms with Crippen molar-refractivity contribution in [2.24, 2.45) is 17.8 Å². The number of imidazole rings is 1. The summed E-state index contributed by atoms with van der Waals surface area (Å²) < 4.78 is 50.1. The fourth-order valence-corrected chi connectivity index (χ4v) is 5.80. The van der Waals surface area contributed by atoms with Gasteiger partial charge in [-0.1, -0.05) is 13.8 Å². The Morgan fingerprint density at radius 3 is 2.49 bits per heavy atom. The highest BCUT2D eigenvalue weighted by molar-refractivity contribution is 5.64. The molecule has 3 heterocycles. The topological polar surface area (TPSA) is 98.7 Å². The van der Waals surface area contributed by atoms with Gasteiger partial charge in [-0.2, -0.15) is 0 Å². The van der Waals surface area contributed by atoms with Crippen molar-refractivity contribution in [1.29, 1.82) is 0 Å². The first-order valence-electron chi connectivity index (χ1n) is 12.2. The lowest BCUT2D eigenvalue weighted by Crippen LogP contribution is -2.56. The molecule has 0 spiro atoms. The molecule has 3 atom stereocenters. The highest BCUT2D eigenvalue weighted by atomic mass is 19.4. The smallest absolute Gasteiger partial charge is 0.402 e. The first-order valence-corrected chi connectivity index (χ1v) is 12.2. The van der Waals surface area contributed by atoms with Crippen LogP contribution in [0.3, 0.4) is 0 Å². The Hall–Kier alpha value is -2.37. The van der Waals surface area contributed by atoms with Crippen LogP contribution in [0.4, 0.5) is 19.0 Å². The number of fused-ring (bicyclic) bond motifs is 2. The predicted octanol–water partition coefficient (Wildman–Crippen LogP) is 3.79. The molecule has 2 bridgehead atoms. The van der Waals surface area contributed by atoms with E-state index < -0.39 is 18.2 Å². The summed E-state index contributed by atoms with van der Waals surface area (Å²) in [6, 6.07) is 1.81. The summed E-state index contributed by atoms with van der Waals surface area (Å²) >= 11 is 0. The second-order valence-electron chi connectivity index (χ2n) is 10.2. The molecule has 3 aliphatic carbocycles. The number of aliphatic hydroxyl groups excluding tert-OH is 1. The van der Waals surface area contributed by atoms with Crippen LogP contribution in [0.2, 0.25) is 0 Å². The fraction of sp³-hybridized carbons (Fsp3) is 0.667. The summed E-state index contributed by atoms with van der Waals surface area (Å²) in [6.07, 6.45) is 0.736. The van der Waals surface area contributed by atoms with Crippen LogP contribution in [0.15, 0.2) is 18.5 Å². The zero-order chi connectivity index (χ0) is 24.9. The number of pyridine rings is 1. The van der Waals surface area contributed by atoms with Crippen molar-refractivity contribution in [2.45, 2.75) is 57.7 Å². The maximum Gasteiger partial charge on any atom is 0.573 e. The third-order valence-electron chi connectivity index (χ3n) is 7.71. The summed E-state index contributed by atoms with van der Waals surface area (Å²) in [5, 5.41) is 11.0. The number of rotatable bonds is 6. The molecule has 2 unspecified atom stereocenters. The summed E-state index contributed by atoms with van der Waals surface area (Å²) in [4.78, 5) is 11.1. The van der Waals surface area contributed by atoms with E-state index in [9.17, 15) is 18.3 Å². The second kappa shape index (κ2) is 9.25. The SMILES string of the molecule is CC(C)C(O)c1nc(-c2cnc(N)c(OC(F)(F)F)c2)cn1C1C[C@H](N2CCOCC2)C2CC1C2. The quantitative estimate of drug-likeness (QED) is 0.629. The monoisotopic (exact) mass is 495 g/mol. The maximum atomic E-state index is 12.8. The van der Waals surface area contributed by atoms with E-state index in [-0.39, 0.29) is 17.8 Å². The van der Waals surface area contributed by atoms with Gasteiger partial charge < -0.3 is 24.9 Å². The molecule has 0 aromatic carbocycles. The average molecular weight is 496 g/mol. The van der Waals surface area contributed by atoms with Gasteiger partial charge in [0.15, 0.2) is 11.6 Å². The van der Waals surface area contributed by atoms with Crippen molar-refractivity contribution in [2.75, 3.05) is 32.0 Å². The van der Waals surface area contributed by atoms with Crippen LogP contribution in [0.1, 0.15) is 51.1 Å². The van der Waals surface area contributed by atoms with Crippen molar-refractivity contribution < 1.29 is 27.8 Å². The molecule has 11 heteroatoms. The molecule has 4 aliphatic rings. The molecular weight excluding hydrogens is 463 g/mol. The van der Waals surface area contributed by atoms with E-state index in [1.165, 1.54) is 12.3 Å². The highest BCUT2D eigenvalue weighted by Crippen LogP contribution is 2.53. The Bertz CT molecular complexity index is 1050. The van der Waals surface area contributed by atoms with E-state index in [1.807, 2.05) is 20.0 Å². The van der Waals surface area contributed by atoms with Crippen molar-refractivity contribution in [3.8, 4) is 17.0 Å². The molecule has 6 rings (SSSR count). The number of aromatic nitrogens is 3. The molecule has 8 nitrogen and oxygen atoms in total. The van der Waals surface area contributed by atoms with Gasteiger partial charge in [-0.3, -0.25) is 4.90 Å². The molecular formula is C24H32F3N5O3. The van der Waals surface area contributed by atoms with Crippen LogP contribution >= 0.6 is 0 Å². The van der Waals surface area contributed by atoms with Crippen molar-refractivity contribution in [1.82, 2.24) is 19.4 Å². The van der Waals surface area contributed by atoms with Crippen molar-refractivity contribution in [3.63, 3.8) is 0 Å². The number of hydrogen-bond acceptors (Lipinski definition) is 7. The Labute approximate surface area is 202 Å². The van der Waals surface area contributed by atoms with Gasteiger partial charge in [-0.25, -0.2) is 9.97 Å². The van der Waals surface area contributed by atoms with Gasteiger partial charge in [0.1, 0.15) is 11.9 Å². The van der Waals surface area contributed by atoms with Crippen molar-refractivity contribution >= 4 is 5.82 Å². The van der Waals surface area contributed by atoms with Crippen molar-refractivity contribution in [3.05, 3.63) is 24.3 Å². The highest BCUT2D eigenvalue weighted by Gasteiger charge is 2.49. The average Bonchev–Trinajstić information content (AvgIpc) is 3.24. The minimum absolute atomic E-state index is 0.0783. The van der Waals surface area contributed by atoms with Crippen LogP contribution < -0.4 is 10.5 Å². The number of alkyl halides is 3. The molecule has 0 amide bonds. The Balaban J connectivity index is 1.49. The summed E-state index contributed by atoms with van der Waals surface area (Å²) in [7, 11) is 0.